The number of nitrogens with two attached hydrogens (primary N) is 1. The number of nitrogens with zero attached hydrogens (tertiary/aromatic N) is 4. The number of ether oxygens (including phenoxy) is 2. The van der Waals surface area contributed by atoms with Gasteiger partial charge in [-0.2, -0.15) is 0 Å². The molecule has 2 aromatic heterocycles. The molecule has 2 heterocycles. The van der Waals surface area contributed by atoms with Crippen LogP contribution >= 0.6 is 11.8 Å². The Kier molecular flexibility index (Phi) is 6.08. The van der Waals surface area contributed by atoms with E-state index in [4.69, 9.17) is 27.0 Å². The van der Waals surface area contributed by atoms with Crippen molar-refractivity contribution in [2.24, 2.45) is 5.92 Å². The van der Waals surface area contributed by atoms with E-state index >= 15 is 0 Å². The molecule has 0 aliphatic heterocycles. The van der Waals surface area contributed by atoms with Crippen LogP contribution in [0.25, 0.3) is 11.2 Å². The topological polar surface area (TPSA) is 117 Å². The highest BCUT2D eigenvalue weighted by molar-refractivity contribution is 6.14. The first-order valence-corrected chi connectivity index (χ1v) is 7.44. The van der Waals surface area contributed by atoms with Crippen molar-refractivity contribution in [1.29, 1.82) is 0 Å². The van der Waals surface area contributed by atoms with Gasteiger partial charge in [0, 0.05) is 0 Å². The van der Waals surface area contributed by atoms with Gasteiger partial charge in [0.2, 0.25) is 0 Å². The number of nitrogens with one attached hydrogen (secondary N) is 1. The molecule has 0 aliphatic carbocycles. The van der Waals surface area contributed by atoms with Crippen LogP contribution in [-0.2, 0) is 21.0 Å². The highest BCUT2D eigenvalue weighted by atomic mass is 35.5. The molecule has 0 radical (unpaired) electrons. The average molecular weight is 343 g/mol. The molecule has 0 saturated carbocycles. The molecule has 0 saturated heterocycles. The van der Waals surface area contributed by atoms with Crippen molar-refractivity contribution in [3.8, 4) is 0 Å². The summed E-state index contributed by atoms with van der Waals surface area (Å²) in [5, 5.41) is 0. The highest BCUT2D eigenvalue weighted by Gasteiger charge is 2.22. The van der Waals surface area contributed by atoms with Gasteiger partial charge in [0.15, 0.2) is 11.5 Å². The quantitative estimate of drug-likeness (QED) is 0.409. The third-order valence-electron chi connectivity index (χ3n) is 3.17. The van der Waals surface area contributed by atoms with Crippen LogP contribution in [0, 0.1) is 5.92 Å². The zero-order valence-corrected chi connectivity index (χ0v) is 13.7. The van der Waals surface area contributed by atoms with E-state index in [1.807, 2.05) is 13.8 Å². The zero-order chi connectivity index (χ0) is 16.8. The van der Waals surface area contributed by atoms with E-state index in [0.717, 1.165) is 0 Å². The number of halogens is 1. The van der Waals surface area contributed by atoms with Crippen LogP contribution in [0.1, 0.15) is 13.8 Å². The lowest BCUT2D eigenvalue weighted by molar-refractivity contribution is -0.148. The first-order chi connectivity index (χ1) is 11.0. The smallest absolute Gasteiger partial charge is 0.324 e. The number of anilines is 1. The second-order valence-electron chi connectivity index (χ2n) is 5.18. The molecule has 1 unspecified atom stereocenters. The molecule has 0 spiro atoms. The molecular formula is C13H19ClN6O3. The summed E-state index contributed by atoms with van der Waals surface area (Å²) in [7, 11) is 0. The Labute approximate surface area is 138 Å². The van der Waals surface area contributed by atoms with Gasteiger partial charge >= 0.3 is 5.97 Å². The maximum absolute atomic E-state index is 11.7. The van der Waals surface area contributed by atoms with Crippen molar-refractivity contribution >= 4 is 34.7 Å². The predicted octanol–water partition coefficient (Wildman–Crippen LogP) is 0.694. The van der Waals surface area contributed by atoms with Crippen molar-refractivity contribution in [3.05, 3.63) is 12.7 Å². The molecule has 0 amide bonds. The summed E-state index contributed by atoms with van der Waals surface area (Å²) in [5.41, 5.74) is 6.81. The van der Waals surface area contributed by atoms with Gasteiger partial charge in [-0.25, -0.2) is 19.8 Å². The molecule has 1 atom stereocenters. The number of hydrogen-bond donors (Lipinski definition) is 2. The molecule has 0 bridgehead atoms. The zero-order valence-electron chi connectivity index (χ0n) is 12.9. The van der Waals surface area contributed by atoms with Gasteiger partial charge < -0.3 is 15.2 Å². The number of nitrogen functional groups attached to an aromatic ring is 1. The lowest BCUT2D eigenvalue weighted by atomic mass is 10.1. The van der Waals surface area contributed by atoms with E-state index in [1.54, 1.807) is 10.9 Å². The van der Waals surface area contributed by atoms with E-state index in [2.05, 4.69) is 19.8 Å². The van der Waals surface area contributed by atoms with Crippen molar-refractivity contribution in [2.45, 2.75) is 26.6 Å². The molecule has 2 aromatic rings. The summed E-state index contributed by atoms with van der Waals surface area (Å²) >= 11 is 5.52. The maximum Gasteiger partial charge on any atom is 0.324 e. The average Bonchev–Trinajstić information content (AvgIpc) is 2.92. The number of rotatable bonds is 8. The number of esters is 1. The molecule has 23 heavy (non-hydrogen) atoms. The fourth-order valence-electron chi connectivity index (χ4n) is 1.89. The van der Waals surface area contributed by atoms with E-state index < -0.39 is 12.0 Å². The fraction of sp³-hybridized carbons (Fsp3) is 0.538. The number of imidazole rings is 1. The molecule has 3 N–H and O–H groups in total. The van der Waals surface area contributed by atoms with Crippen molar-refractivity contribution in [1.82, 2.24) is 24.4 Å². The Morgan fingerprint density at radius 2 is 2.17 bits per heavy atom. The Morgan fingerprint density at radius 1 is 1.39 bits per heavy atom. The van der Waals surface area contributed by atoms with Crippen LogP contribution < -0.4 is 10.6 Å². The largest absolute Gasteiger partial charge is 0.462 e. The molecule has 0 fully saturated rings. The fourth-order valence-corrected chi connectivity index (χ4v) is 2.23. The first-order valence-electron chi connectivity index (χ1n) is 7.06. The van der Waals surface area contributed by atoms with Crippen LogP contribution in [0.4, 0.5) is 5.82 Å². The summed E-state index contributed by atoms with van der Waals surface area (Å²) in [5.74, 6) is -0.0634. The summed E-state index contributed by atoms with van der Waals surface area (Å²) in [6.45, 7) is 4.32. The molecule has 0 aromatic carbocycles. The second kappa shape index (κ2) is 8.04. The van der Waals surface area contributed by atoms with Crippen LogP contribution in [0.15, 0.2) is 12.7 Å². The molecule has 126 valence electrons. The summed E-state index contributed by atoms with van der Waals surface area (Å²) in [6.07, 6.45) is 2.93. The van der Waals surface area contributed by atoms with Gasteiger partial charge in [0.05, 0.1) is 12.9 Å². The van der Waals surface area contributed by atoms with Gasteiger partial charge in [-0.15, -0.1) is 0 Å². The molecule has 10 heteroatoms. The maximum atomic E-state index is 11.7. The van der Waals surface area contributed by atoms with Crippen LogP contribution in [-0.4, -0.2) is 44.7 Å². The van der Waals surface area contributed by atoms with Crippen LogP contribution in [0.5, 0.6) is 0 Å². The summed E-state index contributed by atoms with van der Waals surface area (Å²) in [4.78, 5) is 26.2. The van der Waals surface area contributed by atoms with Crippen LogP contribution in [0.3, 0.4) is 0 Å². The third kappa shape index (κ3) is 4.27. The minimum Gasteiger partial charge on any atom is -0.462 e. The highest BCUT2D eigenvalue weighted by Crippen LogP contribution is 2.13. The van der Waals surface area contributed by atoms with E-state index in [-0.39, 0.29) is 25.9 Å². The van der Waals surface area contributed by atoms with Crippen molar-refractivity contribution in [3.63, 3.8) is 0 Å². The monoisotopic (exact) mass is 342 g/mol. The van der Waals surface area contributed by atoms with Crippen molar-refractivity contribution in [2.75, 3.05) is 18.9 Å². The van der Waals surface area contributed by atoms with E-state index in [1.165, 1.54) is 6.33 Å². The van der Waals surface area contributed by atoms with Gasteiger partial charge in [-0.1, -0.05) is 13.8 Å². The van der Waals surface area contributed by atoms with Gasteiger partial charge in [0.25, 0.3) is 0 Å². The normalized spacial score (nSPS) is 12.7. The number of hydrogen-bond acceptors (Lipinski definition) is 8. The minimum absolute atomic E-state index is 0.0309. The molecule has 2 rings (SSSR count). The number of aromatic nitrogens is 4. The lowest BCUT2D eigenvalue weighted by Crippen LogP contribution is -2.37. The van der Waals surface area contributed by atoms with Gasteiger partial charge in [0.1, 0.15) is 31.2 Å². The van der Waals surface area contributed by atoms with E-state index in [0.29, 0.717) is 17.0 Å². The first kappa shape index (κ1) is 17.4. The minimum atomic E-state index is -0.547. The van der Waals surface area contributed by atoms with Gasteiger partial charge in [-0.05, 0) is 17.7 Å². The third-order valence-corrected chi connectivity index (χ3v) is 3.41. The Balaban J connectivity index is 1.77. The number of carbonyl (C=O) groups excluding carboxylic acids is 1. The molecular weight excluding hydrogens is 324 g/mol. The summed E-state index contributed by atoms with van der Waals surface area (Å²) in [6, 6.07) is -0.547. The lowest BCUT2D eigenvalue weighted by Gasteiger charge is -2.17. The Hall–Kier alpha value is -1.97. The van der Waals surface area contributed by atoms with Gasteiger partial charge in [-0.3, -0.25) is 9.36 Å². The Bertz CT molecular complexity index is 662. The Morgan fingerprint density at radius 3 is 2.87 bits per heavy atom. The second-order valence-corrected chi connectivity index (χ2v) is 5.40. The number of carbonyl (C=O) groups is 1. The van der Waals surface area contributed by atoms with E-state index in [9.17, 15) is 4.79 Å². The number of fused-ring (bicyclic) bond motifs is 1. The molecule has 0 aliphatic rings. The van der Waals surface area contributed by atoms with Crippen LogP contribution in [0.2, 0.25) is 0 Å². The van der Waals surface area contributed by atoms with Crippen molar-refractivity contribution < 1.29 is 14.3 Å². The summed E-state index contributed by atoms with van der Waals surface area (Å²) < 4.78 is 12.2. The SMILES string of the molecule is CC(C)C(NCl)C(=O)OCCOCn1cnc2c(N)ncnc21. The standard InChI is InChI=1S/C13H19ClN6O3/c1-8(2)9(19-14)13(21)23-4-3-22-7-20-6-18-10-11(15)16-5-17-12(10)20/h5-6,8-9,19H,3-4,7H2,1-2H3,(H2,15,16,17). The predicted molar refractivity (Wildman–Crippen MR) is 84.3 cm³/mol. The molecule has 9 nitrogen and oxygen atoms in total.